The van der Waals surface area contributed by atoms with Crippen LogP contribution in [0.3, 0.4) is 0 Å². The molecule has 2 fully saturated rings. The van der Waals surface area contributed by atoms with Crippen molar-refractivity contribution in [3.8, 4) is 0 Å². The van der Waals surface area contributed by atoms with E-state index in [2.05, 4.69) is 20.6 Å². The summed E-state index contributed by atoms with van der Waals surface area (Å²) in [4.78, 5) is 33.8. The van der Waals surface area contributed by atoms with Crippen LogP contribution in [0.25, 0.3) is 0 Å². The van der Waals surface area contributed by atoms with Gasteiger partial charge in [-0.05, 0) is 18.4 Å². The minimum atomic E-state index is -0.201. The molecule has 0 radical (unpaired) electrons. The molecule has 3 rings (SSSR count). The molecule has 2 amide bonds. The fourth-order valence-corrected chi connectivity index (χ4v) is 3.67. The molecule has 8 heteroatoms. The van der Waals surface area contributed by atoms with E-state index in [1.807, 2.05) is 4.90 Å². The molecule has 0 saturated carbocycles. The van der Waals surface area contributed by atoms with E-state index in [4.69, 9.17) is 0 Å². The predicted molar refractivity (Wildman–Crippen MR) is 83.3 cm³/mol. The molecule has 1 aromatic rings. The molecule has 2 aliphatic rings. The van der Waals surface area contributed by atoms with Gasteiger partial charge in [0.1, 0.15) is 12.0 Å². The standard InChI is InChI=1S/C14H19N5O2S/c20-13(11-1-2-15-8-18-11)17-7-10-5-12(16-6-10)14(21)19-3-4-22-9-19/h1-2,8,10,12,16H,3-7,9H2,(H,17,20)/t10-,12-/m0/s1. The molecule has 2 atom stereocenters. The van der Waals surface area contributed by atoms with Crippen LogP contribution in [-0.2, 0) is 4.79 Å². The summed E-state index contributed by atoms with van der Waals surface area (Å²) in [5, 5.41) is 6.14. The van der Waals surface area contributed by atoms with E-state index in [1.165, 1.54) is 6.33 Å². The second-order valence-electron chi connectivity index (χ2n) is 5.51. The lowest BCUT2D eigenvalue weighted by Crippen LogP contribution is -2.42. The number of carbonyl (C=O) groups excluding carboxylic acids is 2. The van der Waals surface area contributed by atoms with Crippen LogP contribution in [0.2, 0.25) is 0 Å². The van der Waals surface area contributed by atoms with Gasteiger partial charge in [0.05, 0.1) is 11.9 Å². The van der Waals surface area contributed by atoms with E-state index in [9.17, 15) is 9.59 Å². The number of nitrogens with one attached hydrogen (secondary N) is 2. The SMILES string of the molecule is O=C(NC[C@@H]1CN[C@H](C(=O)N2CCSC2)C1)c1ccncn1. The number of hydrogen-bond acceptors (Lipinski definition) is 6. The summed E-state index contributed by atoms with van der Waals surface area (Å²) in [7, 11) is 0. The highest BCUT2D eigenvalue weighted by Crippen LogP contribution is 2.19. The summed E-state index contributed by atoms with van der Waals surface area (Å²) >= 11 is 1.79. The maximum absolute atomic E-state index is 12.3. The average Bonchev–Trinajstić information content (AvgIpc) is 3.24. The second-order valence-corrected chi connectivity index (χ2v) is 6.58. The Morgan fingerprint density at radius 2 is 2.41 bits per heavy atom. The van der Waals surface area contributed by atoms with E-state index in [0.717, 1.165) is 31.1 Å². The fraction of sp³-hybridized carbons (Fsp3) is 0.571. The summed E-state index contributed by atoms with van der Waals surface area (Å²) in [6.07, 6.45) is 3.67. The van der Waals surface area contributed by atoms with Crippen molar-refractivity contribution >= 4 is 23.6 Å². The van der Waals surface area contributed by atoms with Gasteiger partial charge in [-0.15, -0.1) is 11.8 Å². The molecule has 7 nitrogen and oxygen atoms in total. The summed E-state index contributed by atoms with van der Waals surface area (Å²) in [5.74, 6) is 2.08. The first kappa shape index (κ1) is 15.2. The third-order valence-electron chi connectivity index (χ3n) is 3.95. The predicted octanol–water partition coefficient (Wildman–Crippen LogP) is -0.283. The van der Waals surface area contributed by atoms with Crippen molar-refractivity contribution in [1.82, 2.24) is 25.5 Å². The second kappa shape index (κ2) is 7.06. The number of amides is 2. The number of thioether (sulfide) groups is 1. The Hall–Kier alpha value is -1.67. The molecule has 0 aromatic carbocycles. The van der Waals surface area contributed by atoms with E-state index >= 15 is 0 Å². The summed E-state index contributed by atoms with van der Waals surface area (Å²) in [5.41, 5.74) is 0.364. The Bertz CT molecular complexity index is 535. The largest absolute Gasteiger partial charge is 0.350 e. The van der Waals surface area contributed by atoms with E-state index in [0.29, 0.717) is 12.2 Å². The van der Waals surface area contributed by atoms with Gasteiger partial charge < -0.3 is 15.5 Å². The molecule has 0 unspecified atom stereocenters. The lowest BCUT2D eigenvalue weighted by atomic mass is 10.0. The minimum Gasteiger partial charge on any atom is -0.350 e. The molecule has 0 spiro atoms. The normalized spacial score (nSPS) is 24.5. The van der Waals surface area contributed by atoms with Crippen LogP contribution >= 0.6 is 11.8 Å². The van der Waals surface area contributed by atoms with E-state index in [1.54, 1.807) is 24.0 Å². The molecule has 1 aromatic heterocycles. The first-order chi connectivity index (χ1) is 10.7. The minimum absolute atomic E-state index is 0.111. The average molecular weight is 321 g/mol. The van der Waals surface area contributed by atoms with Crippen LogP contribution in [-0.4, -0.2) is 64.0 Å². The Kier molecular flexibility index (Phi) is 4.89. The molecule has 2 N–H and O–H groups in total. The van der Waals surface area contributed by atoms with Crippen molar-refractivity contribution in [1.29, 1.82) is 0 Å². The molecule has 2 saturated heterocycles. The molecule has 0 aliphatic carbocycles. The van der Waals surface area contributed by atoms with Gasteiger partial charge in [0.15, 0.2) is 0 Å². The molecule has 0 bridgehead atoms. The first-order valence-corrected chi connectivity index (χ1v) is 8.53. The molecule has 3 heterocycles. The fourth-order valence-electron chi connectivity index (χ4n) is 2.71. The van der Waals surface area contributed by atoms with Gasteiger partial charge in [-0.3, -0.25) is 9.59 Å². The van der Waals surface area contributed by atoms with Gasteiger partial charge in [-0.2, -0.15) is 0 Å². The number of hydrogen-bond donors (Lipinski definition) is 2. The maximum Gasteiger partial charge on any atom is 0.270 e. The third-order valence-corrected chi connectivity index (χ3v) is 4.92. The zero-order chi connectivity index (χ0) is 15.4. The Morgan fingerprint density at radius 1 is 1.50 bits per heavy atom. The summed E-state index contributed by atoms with van der Waals surface area (Å²) in [6, 6.07) is 1.47. The van der Waals surface area contributed by atoms with Crippen LogP contribution < -0.4 is 10.6 Å². The van der Waals surface area contributed by atoms with Gasteiger partial charge in [0, 0.05) is 31.6 Å². The summed E-state index contributed by atoms with van der Waals surface area (Å²) < 4.78 is 0. The Labute approximate surface area is 133 Å². The highest BCUT2D eigenvalue weighted by Gasteiger charge is 2.33. The Morgan fingerprint density at radius 3 is 3.14 bits per heavy atom. The van der Waals surface area contributed by atoms with Crippen molar-refractivity contribution in [3.05, 3.63) is 24.3 Å². The van der Waals surface area contributed by atoms with Crippen LogP contribution in [0.5, 0.6) is 0 Å². The van der Waals surface area contributed by atoms with Crippen molar-refractivity contribution in [2.24, 2.45) is 5.92 Å². The highest BCUT2D eigenvalue weighted by atomic mass is 32.2. The van der Waals surface area contributed by atoms with Crippen LogP contribution in [0.4, 0.5) is 0 Å². The molecule has 2 aliphatic heterocycles. The van der Waals surface area contributed by atoms with Crippen molar-refractivity contribution in [2.75, 3.05) is 31.3 Å². The van der Waals surface area contributed by atoms with Gasteiger partial charge in [0.25, 0.3) is 5.91 Å². The Balaban J connectivity index is 1.45. The molecular weight excluding hydrogens is 302 g/mol. The number of aromatic nitrogens is 2. The van der Waals surface area contributed by atoms with Crippen molar-refractivity contribution in [3.63, 3.8) is 0 Å². The lowest BCUT2D eigenvalue weighted by Gasteiger charge is -2.19. The third kappa shape index (κ3) is 3.56. The lowest BCUT2D eigenvalue weighted by molar-refractivity contribution is -0.131. The quantitative estimate of drug-likeness (QED) is 0.793. The highest BCUT2D eigenvalue weighted by molar-refractivity contribution is 7.99. The van der Waals surface area contributed by atoms with E-state index < -0.39 is 0 Å². The molecule has 118 valence electrons. The van der Waals surface area contributed by atoms with Gasteiger partial charge >= 0.3 is 0 Å². The smallest absolute Gasteiger partial charge is 0.270 e. The van der Waals surface area contributed by atoms with Gasteiger partial charge in [0.2, 0.25) is 5.91 Å². The van der Waals surface area contributed by atoms with Crippen molar-refractivity contribution < 1.29 is 9.59 Å². The summed E-state index contributed by atoms with van der Waals surface area (Å²) in [6.45, 7) is 2.15. The van der Waals surface area contributed by atoms with Crippen LogP contribution in [0.15, 0.2) is 18.6 Å². The maximum atomic E-state index is 12.3. The van der Waals surface area contributed by atoms with Crippen LogP contribution in [0, 0.1) is 5.92 Å². The van der Waals surface area contributed by atoms with Crippen LogP contribution in [0.1, 0.15) is 16.9 Å². The van der Waals surface area contributed by atoms with Gasteiger partial charge in [-0.1, -0.05) is 0 Å². The van der Waals surface area contributed by atoms with Gasteiger partial charge in [-0.25, -0.2) is 9.97 Å². The topological polar surface area (TPSA) is 87.2 Å². The molecular formula is C14H19N5O2S. The zero-order valence-corrected chi connectivity index (χ0v) is 13.0. The number of nitrogens with zero attached hydrogens (tertiary/aromatic N) is 3. The monoisotopic (exact) mass is 321 g/mol. The zero-order valence-electron chi connectivity index (χ0n) is 12.2. The van der Waals surface area contributed by atoms with E-state index in [-0.39, 0.29) is 23.8 Å². The molecule has 22 heavy (non-hydrogen) atoms. The van der Waals surface area contributed by atoms with Crippen molar-refractivity contribution in [2.45, 2.75) is 12.5 Å². The number of rotatable bonds is 4. The number of carbonyl (C=O) groups is 2. The first-order valence-electron chi connectivity index (χ1n) is 7.38.